The van der Waals surface area contributed by atoms with Crippen LogP contribution in [0, 0.1) is 5.92 Å². The lowest BCUT2D eigenvalue weighted by atomic mass is 9.87. The predicted molar refractivity (Wildman–Crippen MR) is 151 cm³/mol. The van der Waals surface area contributed by atoms with Crippen molar-refractivity contribution in [1.29, 1.82) is 0 Å². The average molecular weight is 519 g/mol. The summed E-state index contributed by atoms with van der Waals surface area (Å²) in [6.45, 7) is 6.60. The van der Waals surface area contributed by atoms with E-state index in [4.69, 9.17) is 9.97 Å². The zero-order chi connectivity index (χ0) is 25.1. The molecule has 0 bridgehead atoms. The molecule has 1 aliphatic carbocycles. The number of amides is 1. The van der Waals surface area contributed by atoms with Gasteiger partial charge in [0.2, 0.25) is 5.91 Å². The van der Waals surface area contributed by atoms with Gasteiger partial charge in [0, 0.05) is 17.1 Å². The van der Waals surface area contributed by atoms with E-state index in [2.05, 4.69) is 55.3 Å². The van der Waals surface area contributed by atoms with E-state index in [1.165, 1.54) is 52.4 Å². The second-order valence-corrected chi connectivity index (χ2v) is 12.2. The van der Waals surface area contributed by atoms with Crippen molar-refractivity contribution in [2.24, 2.45) is 5.92 Å². The summed E-state index contributed by atoms with van der Waals surface area (Å²) in [6.07, 6.45) is 9.22. The van der Waals surface area contributed by atoms with Crippen LogP contribution >= 0.6 is 23.1 Å². The number of benzene rings is 1. The topological polar surface area (TPSA) is 67.8 Å². The fourth-order valence-electron chi connectivity index (χ4n) is 5.13. The number of nitrogens with one attached hydrogen (secondary N) is 1. The third-order valence-electron chi connectivity index (χ3n) is 6.83. The Morgan fingerprint density at radius 3 is 2.64 bits per heavy atom. The molecule has 1 atom stereocenters. The minimum Gasteiger partial charge on any atom is -0.353 e. The van der Waals surface area contributed by atoms with Crippen LogP contribution in [-0.4, -0.2) is 32.7 Å². The third-order valence-corrected chi connectivity index (χ3v) is 9.03. The fraction of sp³-hybridized carbons (Fsp3) is 0.448. The summed E-state index contributed by atoms with van der Waals surface area (Å²) < 4.78 is 1.06. The van der Waals surface area contributed by atoms with Crippen molar-refractivity contribution in [3.63, 3.8) is 0 Å². The molecule has 0 spiro atoms. The molecule has 1 aliphatic rings. The van der Waals surface area contributed by atoms with E-state index in [0.717, 1.165) is 52.2 Å². The lowest BCUT2D eigenvalue weighted by Crippen LogP contribution is -2.34. The molecule has 0 radical (unpaired) electrons. The maximum atomic E-state index is 12.7. The molecular formula is C29H34N4OS2. The Morgan fingerprint density at radius 2 is 1.86 bits per heavy atom. The molecule has 188 valence electrons. The number of hydrogen-bond donors (Lipinski definition) is 1. The number of hydrogen-bond acceptors (Lipinski definition) is 6. The first-order valence-corrected chi connectivity index (χ1v) is 14.8. The van der Waals surface area contributed by atoms with Crippen LogP contribution in [0.15, 0.2) is 41.7 Å². The highest BCUT2D eigenvalue weighted by Crippen LogP contribution is 2.41. The van der Waals surface area contributed by atoms with Crippen molar-refractivity contribution >= 4 is 49.4 Å². The predicted octanol–water partition coefficient (Wildman–Crippen LogP) is 6.55. The van der Waals surface area contributed by atoms with Crippen LogP contribution in [0.5, 0.6) is 0 Å². The number of aryl methyl sites for hydroxylation is 2. The first-order chi connectivity index (χ1) is 17.5. The number of nitrogens with zero attached hydrogens (tertiary/aromatic N) is 3. The van der Waals surface area contributed by atoms with Crippen LogP contribution in [0.3, 0.4) is 0 Å². The number of fused-ring (bicyclic) bond motifs is 5. The van der Waals surface area contributed by atoms with E-state index in [1.807, 2.05) is 6.07 Å². The third kappa shape index (κ3) is 5.57. The molecule has 5 rings (SSSR count). The van der Waals surface area contributed by atoms with Gasteiger partial charge in [-0.25, -0.2) is 15.0 Å². The Hall–Kier alpha value is -2.51. The van der Waals surface area contributed by atoms with Gasteiger partial charge in [0.25, 0.3) is 0 Å². The highest BCUT2D eigenvalue weighted by Gasteiger charge is 2.23. The molecule has 0 saturated carbocycles. The first-order valence-electron chi connectivity index (χ1n) is 13.0. The van der Waals surface area contributed by atoms with Crippen LogP contribution in [0.25, 0.3) is 20.4 Å². The minimum atomic E-state index is 0.0446. The van der Waals surface area contributed by atoms with Crippen molar-refractivity contribution < 1.29 is 4.79 Å². The summed E-state index contributed by atoms with van der Waals surface area (Å²) in [5, 5.41) is 5.25. The highest BCUT2D eigenvalue weighted by atomic mass is 32.2. The Morgan fingerprint density at radius 1 is 1.08 bits per heavy atom. The summed E-state index contributed by atoms with van der Waals surface area (Å²) in [6, 6.07) is 10.5. The molecule has 7 heteroatoms. The monoisotopic (exact) mass is 518 g/mol. The zero-order valence-corrected chi connectivity index (χ0v) is 23.0. The molecule has 3 heterocycles. The van der Waals surface area contributed by atoms with Gasteiger partial charge in [-0.1, -0.05) is 55.9 Å². The van der Waals surface area contributed by atoms with E-state index >= 15 is 0 Å². The molecule has 1 aromatic carbocycles. The molecule has 0 aliphatic heterocycles. The summed E-state index contributed by atoms with van der Waals surface area (Å²) in [7, 11) is 0. The molecule has 0 fully saturated rings. The first kappa shape index (κ1) is 25.2. The van der Waals surface area contributed by atoms with Gasteiger partial charge in [0.1, 0.15) is 16.2 Å². The molecule has 3 aromatic heterocycles. The van der Waals surface area contributed by atoms with Gasteiger partial charge >= 0.3 is 0 Å². The number of thioether (sulfide) groups is 1. The molecule has 0 unspecified atom stereocenters. The van der Waals surface area contributed by atoms with Crippen molar-refractivity contribution in [3.05, 3.63) is 59.0 Å². The van der Waals surface area contributed by atoms with Crippen LogP contribution in [0.4, 0.5) is 0 Å². The normalized spacial score (nSPS) is 14.3. The Bertz CT molecular complexity index is 1370. The summed E-state index contributed by atoms with van der Waals surface area (Å²) in [4.78, 5) is 28.2. The molecule has 0 saturated heterocycles. The second kappa shape index (κ2) is 11.3. The Balaban J connectivity index is 1.33. The number of carbonyl (C=O) groups is 1. The molecular weight excluding hydrogens is 484 g/mol. The average Bonchev–Trinajstić information content (AvgIpc) is 3.26. The van der Waals surface area contributed by atoms with Crippen LogP contribution in [0.1, 0.15) is 62.4 Å². The fourth-order valence-corrected chi connectivity index (χ4v) is 7.19. The van der Waals surface area contributed by atoms with Gasteiger partial charge in [-0.2, -0.15) is 0 Å². The smallest absolute Gasteiger partial charge is 0.230 e. The van der Waals surface area contributed by atoms with Gasteiger partial charge < -0.3 is 5.32 Å². The molecule has 36 heavy (non-hydrogen) atoms. The largest absolute Gasteiger partial charge is 0.353 e. The lowest BCUT2D eigenvalue weighted by Gasteiger charge is -2.20. The van der Waals surface area contributed by atoms with E-state index in [-0.39, 0.29) is 11.9 Å². The van der Waals surface area contributed by atoms with E-state index in [0.29, 0.717) is 11.7 Å². The van der Waals surface area contributed by atoms with E-state index < -0.39 is 0 Å². The summed E-state index contributed by atoms with van der Waals surface area (Å²) in [5.74, 6) is 0.971. The SMILES string of the molecule is CC(C)Cc1nc2sc3c(SCC(=O)N[C@@H](C)CCc4ccccc4)ncnc3c2c2c1CCCC2. The quantitative estimate of drug-likeness (QED) is 0.201. The highest BCUT2D eigenvalue weighted by molar-refractivity contribution is 8.00. The number of pyridine rings is 1. The molecule has 1 amide bonds. The lowest BCUT2D eigenvalue weighted by molar-refractivity contribution is -0.119. The van der Waals surface area contributed by atoms with Gasteiger partial charge in [-0.3, -0.25) is 4.79 Å². The van der Waals surface area contributed by atoms with Crippen molar-refractivity contribution in [1.82, 2.24) is 20.3 Å². The summed E-state index contributed by atoms with van der Waals surface area (Å²) in [5.41, 5.74) is 6.48. The minimum absolute atomic E-state index is 0.0446. The van der Waals surface area contributed by atoms with Gasteiger partial charge in [-0.15, -0.1) is 11.3 Å². The van der Waals surface area contributed by atoms with Crippen LogP contribution < -0.4 is 5.32 Å². The summed E-state index contributed by atoms with van der Waals surface area (Å²) >= 11 is 3.19. The van der Waals surface area contributed by atoms with E-state index in [9.17, 15) is 4.79 Å². The van der Waals surface area contributed by atoms with Crippen molar-refractivity contribution in [2.75, 3.05) is 5.75 Å². The standard InChI is InChI=1S/C29H34N4OS2/c1-18(2)15-23-21-11-7-8-12-22(21)25-26-27(36-28(25)33-23)29(31-17-30-26)35-16-24(34)32-19(3)13-14-20-9-5-4-6-10-20/h4-6,9-10,17-19H,7-8,11-16H2,1-3H3,(H,32,34)/t19-/m0/s1. The number of carbonyl (C=O) groups excluding carboxylic acids is 1. The Kier molecular flexibility index (Phi) is 7.87. The molecule has 5 nitrogen and oxygen atoms in total. The van der Waals surface area contributed by atoms with E-state index in [1.54, 1.807) is 17.7 Å². The Labute approximate surface area is 221 Å². The van der Waals surface area contributed by atoms with Gasteiger partial charge in [0.05, 0.1) is 16.0 Å². The van der Waals surface area contributed by atoms with Crippen LogP contribution in [0.2, 0.25) is 0 Å². The van der Waals surface area contributed by atoms with Crippen LogP contribution in [-0.2, 0) is 30.5 Å². The number of aromatic nitrogens is 3. The van der Waals surface area contributed by atoms with Gasteiger partial charge in [-0.05, 0) is 74.5 Å². The maximum Gasteiger partial charge on any atom is 0.230 e. The van der Waals surface area contributed by atoms with Crippen molar-refractivity contribution in [3.8, 4) is 0 Å². The zero-order valence-electron chi connectivity index (χ0n) is 21.3. The molecule has 4 aromatic rings. The second-order valence-electron chi connectivity index (χ2n) is 10.2. The van der Waals surface area contributed by atoms with Crippen molar-refractivity contribution in [2.45, 2.75) is 76.8 Å². The molecule has 1 N–H and O–H groups in total. The number of thiophene rings is 1. The maximum absolute atomic E-state index is 12.7. The van der Waals surface area contributed by atoms with Gasteiger partial charge in [0.15, 0.2) is 0 Å². The number of rotatable bonds is 9.